The average molecular weight is 544 g/mol. The quantitative estimate of drug-likeness (QED) is 0.192. The van der Waals surface area contributed by atoms with Gasteiger partial charge < -0.3 is 15.5 Å². The largest absolute Gasteiger partial charge is 0.480 e. The molecule has 3 N–H and O–H groups in total. The number of carbonyl (C=O) groups is 2. The number of carbonyl (C=O) groups excluding carboxylic acids is 1. The standard InChI is InChI=1S/C35H45NO4/c1-26(27-16-10-7-11-17-27)35-23-15-21-30(35)24-29(33(35)28-18-12-8-13-19-28)20-9-5-3-2-4-6-14-22-32(38)36-31(25-37)34(39)40/h7-8,10-13,16-19,30-31,37H,1-6,9,14-15,20-25H2,(H,36,38)(H,39,40). The third kappa shape index (κ3) is 6.93. The lowest BCUT2D eigenvalue weighted by Gasteiger charge is -2.36. The lowest BCUT2D eigenvalue weighted by Crippen LogP contribution is -2.43. The summed E-state index contributed by atoms with van der Waals surface area (Å²) in [6, 6.07) is 20.6. The molecule has 1 fully saturated rings. The van der Waals surface area contributed by atoms with E-state index >= 15 is 0 Å². The van der Waals surface area contributed by atoms with E-state index in [0.717, 1.165) is 32.1 Å². The van der Waals surface area contributed by atoms with E-state index < -0.39 is 18.6 Å². The molecule has 4 rings (SSSR count). The first kappa shape index (κ1) is 29.8. The topological polar surface area (TPSA) is 86.6 Å². The minimum atomic E-state index is -1.21. The Balaban J connectivity index is 1.29. The fourth-order valence-electron chi connectivity index (χ4n) is 7.10. The lowest BCUT2D eigenvalue weighted by molar-refractivity contribution is -0.142. The Hall–Kier alpha value is -3.18. The minimum Gasteiger partial charge on any atom is -0.480 e. The molecule has 214 valence electrons. The van der Waals surface area contributed by atoms with E-state index in [-0.39, 0.29) is 11.3 Å². The number of carboxylic acid groups (broad SMARTS) is 1. The number of aliphatic carboxylic acids is 1. The SMILES string of the molecule is C=C(c1ccccc1)C12CCCC1CC(CCCCCCCCCC(=O)NC(CO)C(=O)O)=C2c1ccccc1. The van der Waals surface area contributed by atoms with E-state index in [4.69, 9.17) is 16.8 Å². The van der Waals surface area contributed by atoms with Crippen molar-refractivity contribution >= 4 is 23.0 Å². The van der Waals surface area contributed by atoms with Crippen LogP contribution in [0.3, 0.4) is 0 Å². The third-order valence-electron chi connectivity index (χ3n) is 9.03. The van der Waals surface area contributed by atoms with E-state index in [1.54, 1.807) is 11.1 Å². The first-order valence-corrected chi connectivity index (χ1v) is 15.1. The molecule has 5 nitrogen and oxygen atoms in total. The van der Waals surface area contributed by atoms with Crippen LogP contribution in [0.2, 0.25) is 0 Å². The number of aliphatic hydroxyl groups excluding tert-OH is 1. The molecule has 0 saturated heterocycles. The second-order valence-electron chi connectivity index (χ2n) is 11.6. The van der Waals surface area contributed by atoms with Crippen LogP contribution in [0.15, 0.2) is 72.8 Å². The van der Waals surface area contributed by atoms with Crippen LogP contribution in [0.25, 0.3) is 11.1 Å². The van der Waals surface area contributed by atoms with Crippen LogP contribution in [0.1, 0.15) is 94.6 Å². The maximum absolute atomic E-state index is 11.9. The number of hydrogen-bond acceptors (Lipinski definition) is 3. The molecule has 40 heavy (non-hydrogen) atoms. The summed E-state index contributed by atoms with van der Waals surface area (Å²) >= 11 is 0. The summed E-state index contributed by atoms with van der Waals surface area (Å²) in [7, 11) is 0. The van der Waals surface area contributed by atoms with Crippen LogP contribution in [-0.4, -0.2) is 34.7 Å². The predicted octanol–water partition coefficient (Wildman–Crippen LogP) is 7.42. The van der Waals surface area contributed by atoms with Gasteiger partial charge in [0.15, 0.2) is 0 Å². The monoisotopic (exact) mass is 543 g/mol. The Morgan fingerprint density at radius 1 is 0.925 bits per heavy atom. The van der Waals surface area contributed by atoms with E-state index in [2.05, 4.69) is 66.0 Å². The number of benzene rings is 2. The maximum Gasteiger partial charge on any atom is 0.328 e. The summed E-state index contributed by atoms with van der Waals surface area (Å²) in [5.41, 5.74) is 7.20. The maximum atomic E-state index is 11.9. The van der Waals surface area contributed by atoms with Gasteiger partial charge in [-0.2, -0.15) is 0 Å². The van der Waals surface area contributed by atoms with Crippen molar-refractivity contribution in [1.82, 2.24) is 5.32 Å². The molecule has 0 aromatic heterocycles. The van der Waals surface area contributed by atoms with Gasteiger partial charge >= 0.3 is 5.97 Å². The fraction of sp³-hybridized carbons (Fsp3) is 0.486. The lowest BCUT2D eigenvalue weighted by atomic mass is 9.66. The summed E-state index contributed by atoms with van der Waals surface area (Å²) in [6.45, 7) is 4.15. The summed E-state index contributed by atoms with van der Waals surface area (Å²) in [4.78, 5) is 22.8. The van der Waals surface area contributed by atoms with E-state index in [9.17, 15) is 9.59 Å². The third-order valence-corrected chi connectivity index (χ3v) is 9.03. The predicted molar refractivity (Wildman–Crippen MR) is 161 cm³/mol. The molecule has 1 saturated carbocycles. The van der Waals surface area contributed by atoms with Crippen LogP contribution in [0.5, 0.6) is 0 Å². The van der Waals surface area contributed by atoms with Crippen molar-refractivity contribution < 1.29 is 19.8 Å². The molecule has 2 aromatic rings. The highest BCUT2D eigenvalue weighted by Crippen LogP contribution is 2.66. The van der Waals surface area contributed by atoms with E-state index in [1.165, 1.54) is 61.6 Å². The number of aliphatic hydroxyl groups is 1. The normalized spacial score (nSPS) is 20.8. The molecule has 2 aliphatic rings. The smallest absolute Gasteiger partial charge is 0.328 e. The number of nitrogens with one attached hydrogen (secondary N) is 1. The number of carboxylic acids is 1. The minimum absolute atomic E-state index is 0.0476. The zero-order chi connectivity index (χ0) is 28.4. The Labute approximate surface area is 239 Å². The van der Waals surface area contributed by atoms with Gasteiger partial charge in [-0.1, -0.05) is 111 Å². The van der Waals surface area contributed by atoms with Gasteiger partial charge in [0.05, 0.1) is 6.61 Å². The van der Waals surface area contributed by atoms with Crippen molar-refractivity contribution in [2.45, 2.75) is 89.5 Å². The number of rotatable bonds is 16. The Morgan fingerprint density at radius 2 is 1.55 bits per heavy atom. The van der Waals surface area contributed by atoms with Crippen molar-refractivity contribution in [3.05, 3.63) is 83.9 Å². The molecule has 0 heterocycles. The van der Waals surface area contributed by atoms with Crippen molar-refractivity contribution in [3.63, 3.8) is 0 Å². The van der Waals surface area contributed by atoms with Crippen molar-refractivity contribution in [3.8, 4) is 0 Å². The summed E-state index contributed by atoms with van der Waals surface area (Å²) in [6.07, 6.45) is 13.9. The van der Waals surface area contributed by atoms with Crippen molar-refractivity contribution in [2.75, 3.05) is 6.61 Å². The number of allylic oxidation sites excluding steroid dienone is 3. The van der Waals surface area contributed by atoms with Crippen LogP contribution in [0.4, 0.5) is 0 Å². The van der Waals surface area contributed by atoms with Crippen LogP contribution >= 0.6 is 0 Å². The molecule has 3 unspecified atom stereocenters. The molecule has 0 radical (unpaired) electrons. The zero-order valence-corrected chi connectivity index (χ0v) is 23.7. The van der Waals surface area contributed by atoms with E-state index in [1.807, 2.05) is 0 Å². The van der Waals surface area contributed by atoms with Crippen LogP contribution < -0.4 is 5.32 Å². The highest BCUT2D eigenvalue weighted by atomic mass is 16.4. The number of fused-ring (bicyclic) bond motifs is 1. The molecule has 1 amide bonds. The Morgan fingerprint density at radius 3 is 2.20 bits per heavy atom. The van der Waals surface area contributed by atoms with Crippen LogP contribution in [0, 0.1) is 11.3 Å². The van der Waals surface area contributed by atoms with Crippen molar-refractivity contribution in [1.29, 1.82) is 0 Å². The second-order valence-corrected chi connectivity index (χ2v) is 11.6. The van der Waals surface area contributed by atoms with Gasteiger partial charge in [0.1, 0.15) is 6.04 Å². The second kappa shape index (κ2) is 14.5. The first-order valence-electron chi connectivity index (χ1n) is 15.1. The van der Waals surface area contributed by atoms with Crippen molar-refractivity contribution in [2.24, 2.45) is 11.3 Å². The zero-order valence-electron chi connectivity index (χ0n) is 23.7. The Bertz CT molecular complexity index is 1170. The van der Waals surface area contributed by atoms with Gasteiger partial charge in [-0.05, 0) is 66.7 Å². The molecular formula is C35H45NO4. The molecule has 2 aliphatic carbocycles. The Kier molecular flexibility index (Phi) is 10.8. The molecule has 0 spiro atoms. The number of unbranched alkanes of at least 4 members (excludes halogenated alkanes) is 6. The fourth-order valence-corrected chi connectivity index (χ4v) is 7.10. The average Bonchev–Trinajstić information content (AvgIpc) is 3.52. The molecule has 0 aliphatic heterocycles. The van der Waals surface area contributed by atoms with Gasteiger partial charge in [-0.3, -0.25) is 4.79 Å². The first-order chi connectivity index (χ1) is 19.5. The summed E-state index contributed by atoms with van der Waals surface area (Å²) < 4.78 is 0. The number of amides is 1. The van der Waals surface area contributed by atoms with Gasteiger partial charge in [0.2, 0.25) is 5.91 Å². The van der Waals surface area contributed by atoms with Crippen LogP contribution in [-0.2, 0) is 9.59 Å². The molecule has 3 atom stereocenters. The highest BCUT2D eigenvalue weighted by Gasteiger charge is 2.52. The summed E-state index contributed by atoms with van der Waals surface area (Å²) in [5, 5.41) is 20.3. The number of hydrogen-bond donors (Lipinski definition) is 3. The molecular weight excluding hydrogens is 498 g/mol. The van der Waals surface area contributed by atoms with Gasteiger partial charge in [-0.15, -0.1) is 0 Å². The molecule has 0 bridgehead atoms. The van der Waals surface area contributed by atoms with Gasteiger partial charge in [-0.25, -0.2) is 4.79 Å². The van der Waals surface area contributed by atoms with Gasteiger partial charge in [0.25, 0.3) is 0 Å². The summed E-state index contributed by atoms with van der Waals surface area (Å²) in [5.74, 6) is -0.872. The van der Waals surface area contributed by atoms with E-state index in [0.29, 0.717) is 12.3 Å². The van der Waals surface area contributed by atoms with Gasteiger partial charge in [0, 0.05) is 11.8 Å². The molecule has 5 heteroatoms. The highest BCUT2D eigenvalue weighted by molar-refractivity contribution is 5.90. The molecule has 2 aromatic carbocycles.